The van der Waals surface area contributed by atoms with Crippen LogP contribution in [-0.2, 0) is 0 Å². The SMILES string of the molecule is O=C(c1cc2cccc(Cl)c2o1)C1CSCCS1. The minimum absolute atomic E-state index is 0.0167. The number of carbonyl (C=O) groups excluding carboxylic acids is 1. The first-order valence-corrected chi connectivity index (χ1v) is 8.25. The molecule has 0 radical (unpaired) electrons. The predicted molar refractivity (Wildman–Crippen MR) is 79.1 cm³/mol. The maximum Gasteiger partial charge on any atom is 0.211 e. The standard InChI is InChI=1S/C13H11ClO2S2/c14-9-3-1-2-8-6-10(16-13(8)9)12(15)11-7-17-4-5-18-11/h1-3,6,11H,4-5,7H2. The lowest BCUT2D eigenvalue weighted by atomic mass is 10.2. The largest absolute Gasteiger partial charge is 0.451 e. The van der Waals surface area contributed by atoms with Gasteiger partial charge in [0.25, 0.3) is 0 Å². The van der Waals surface area contributed by atoms with E-state index in [1.165, 1.54) is 0 Å². The predicted octanol–water partition coefficient (Wildman–Crippen LogP) is 4.12. The van der Waals surface area contributed by atoms with Crippen molar-refractivity contribution in [1.82, 2.24) is 0 Å². The number of furan rings is 1. The highest BCUT2D eigenvalue weighted by molar-refractivity contribution is 8.07. The van der Waals surface area contributed by atoms with Gasteiger partial charge < -0.3 is 4.42 Å². The summed E-state index contributed by atoms with van der Waals surface area (Å²) in [4.78, 5) is 12.3. The zero-order valence-corrected chi connectivity index (χ0v) is 11.9. The first-order chi connectivity index (χ1) is 8.75. The zero-order chi connectivity index (χ0) is 12.5. The molecule has 0 N–H and O–H groups in total. The summed E-state index contributed by atoms with van der Waals surface area (Å²) in [5.74, 6) is 3.54. The molecule has 1 atom stereocenters. The molecule has 94 valence electrons. The van der Waals surface area contributed by atoms with Crippen molar-refractivity contribution in [3.05, 3.63) is 35.0 Å². The van der Waals surface area contributed by atoms with Crippen molar-refractivity contribution in [2.75, 3.05) is 17.3 Å². The van der Waals surface area contributed by atoms with Gasteiger partial charge in [-0.2, -0.15) is 11.8 Å². The van der Waals surface area contributed by atoms with E-state index in [1.807, 2.05) is 23.9 Å². The Morgan fingerprint density at radius 2 is 2.28 bits per heavy atom. The van der Waals surface area contributed by atoms with E-state index in [-0.39, 0.29) is 11.0 Å². The number of halogens is 1. The first-order valence-electron chi connectivity index (χ1n) is 5.67. The van der Waals surface area contributed by atoms with Gasteiger partial charge in [0, 0.05) is 22.6 Å². The third-order valence-electron chi connectivity index (χ3n) is 2.85. The summed E-state index contributed by atoms with van der Waals surface area (Å²) in [7, 11) is 0. The topological polar surface area (TPSA) is 30.2 Å². The number of thioether (sulfide) groups is 2. The number of Topliss-reactive ketones (excluding diaryl/α,β-unsaturated/α-hetero) is 1. The van der Waals surface area contributed by atoms with E-state index in [0.717, 1.165) is 22.6 Å². The lowest BCUT2D eigenvalue weighted by molar-refractivity contribution is 0.0971. The number of para-hydroxylation sites is 1. The molecule has 0 spiro atoms. The van der Waals surface area contributed by atoms with Crippen LogP contribution in [0.5, 0.6) is 0 Å². The van der Waals surface area contributed by atoms with E-state index in [0.29, 0.717) is 16.4 Å². The van der Waals surface area contributed by atoms with Crippen LogP contribution in [0.15, 0.2) is 28.7 Å². The molecule has 2 aromatic rings. The van der Waals surface area contributed by atoms with Crippen LogP contribution in [-0.4, -0.2) is 28.3 Å². The fourth-order valence-electron chi connectivity index (χ4n) is 1.95. The molecule has 1 aromatic heterocycles. The van der Waals surface area contributed by atoms with Gasteiger partial charge in [0.15, 0.2) is 11.3 Å². The lowest BCUT2D eigenvalue weighted by Gasteiger charge is -2.18. The molecule has 3 rings (SSSR count). The molecule has 0 amide bonds. The van der Waals surface area contributed by atoms with E-state index < -0.39 is 0 Å². The Morgan fingerprint density at radius 3 is 3.00 bits per heavy atom. The highest BCUT2D eigenvalue weighted by Crippen LogP contribution is 2.31. The van der Waals surface area contributed by atoms with Gasteiger partial charge in [-0.05, 0) is 12.1 Å². The monoisotopic (exact) mass is 298 g/mol. The Balaban J connectivity index is 1.94. The summed E-state index contributed by atoms with van der Waals surface area (Å²) in [5.41, 5.74) is 0.607. The van der Waals surface area contributed by atoms with Crippen molar-refractivity contribution in [3.63, 3.8) is 0 Å². The Hall–Kier alpha value is -0.580. The third-order valence-corrected chi connectivity index (χ3v) is 5.90. The third kappa shape index (κ3) is 2.29. The number of carbonyl (C=O) groups is 1. The molecule has 1 fully saturated rings. The highest BCUT2D eigenvalue weighted by Gasteiger charge is 2.26. The van der Waals surface area contributed by atoms with Crippen LogP contribution in [0, 0.1) is 0 Å². The second kappa shape index (κ2) is 5.19. The molecule has 18 heavy (non-hydrogen) atoms. The van der Waals surface area contributed by atoms with Gasteiger partial charge in [-0.3, -0.25) is 4.79 Å². The molecule has 2 heterocycles. The molecule has 5 heteroatoms. The van der Waals surface area contributed by atoms with Crippen LogP contribution in [0.3, 0.4) is 0 Å². The minimum atomic E-state index is 0.0167. The molecule has 1 aromatic carbocycles. The Kier molecular flexibility index (Phi) is 3.59. The molecule has 1 aliphatic heterocycles. The second-order valence-electron chi connectivity index (χ2n) is 4.07. The smallest absolute Gasteiger partial charge is 0.211 e. The fraction of sp³-hybridized carbons (Fsp3) is 0.308. The second-order valence-corrected chi connectivity index (χ2v) is 6.94. The van der Waals surface area contributed by atoms with Gasteiger partial charge in [0.05, 0.1) is 10.3 Å². The van der Waals surface area contributed by atoms with Crippen LogP contribution >= 0.6 is 35.1 Å². The number of rotatable bonds is 2. The van der Waals surface area contributed by atoms with Gasteiger partial charge in [-0.1, -0.05) is 23.7 Å². The molecule has 1 unspecified atom stereocenters. The van der Waals surface area contributed by atoms with E-state index in [2.05, 4.69) is 0 Å². The van der Waals surface area contributed by atoms with Crippen molar-refractivity contribution < 1.29 is 9.21 Å². The summed E-state index contributed by atoms with van der Waals surface area (Å²) >= 11 is 9.59. The van der Waals surface area contributed by atoms with E-state index in [9.17, 15) is 4.79 Å². The first kappa shape index (κ1) is 12.5. The Bertz CT molecular complexity index is 588. The zero-order valence-electron chi connectivity index (χ0n) is 9.52. The van der Waals surface area contributed by atoms with Gasteiger partial charge in [-0.15, -0.1) is 11.8 Å². The lowest BCUT2D eigenvalue weighted by Crippen LogP contribution is -2.23. The van der Waals surface area contributed by atoms with Crippen LogP contribution in [0.25, 0.3) is 11.0 Å². The fourth-order valence-corrected chi connectivity index (χ4v) is 4.78. The molecular weight excluding hydrogens is 288 g/mol. The van der Waals surface area contributed by atoms with Gasteiger partial charge in [0.2, 0.25) is 5.78 Å². The maximum atomic E-state index is 12.3. The molecule has 1 aliphatic rings. The van der Waals surface area contributed by atoms with Crippen LogP contribution in [0.1, 0.15) is 10.6 Å². The number of ketones is 1. The van der Waals surface area contributed by atoms with Gasteiger partial charge >= 0.3 is 0 Å². The van der Waals surface area contributed by atoms with E-state index in [1.54, 1.807) is 23.9 Å². The summed E-state index contributed by atoms with van der Waals surface area (Å²) in [6.07, 6.45) is 0. The van der Waals surface area contributed by atoms with Crippen LogP contribution in [0.2, 0.25) is 5.02 Å². The van der Waals surface area contributed by atoms with Crippen LogP contribution < -0.4 is 0 Å². The molecule has 1 saturated heterocycles. The quantitative estimate of drug-likeness (QED) is 0.780. The summed E-state index contributed by atoms with van der Waals surface area (Å²) in [6, 6.07) is 7.33. The molecular formula is C13H11ClO2S2. The molecule has 0 bridgehead atoms. The number of hydrogen-bond acceptors (Lipinski definition) is 4. The van der Waals surface area contributed by atoms with Gasteiger partial charge in [-0.25, -0.2) is 0 Å². The number of hydrogen-bond donors (Lipinski definition) is 0. The maximum absolute atomic E-state index is 12.3. The number of fused-ring (bicyclic) bond motifs is 1. The van der Waals surface area contributed by atoms with Crippen molar-refractivity contribution >= 4 is 51.9 Å². The van der Waals surface area contributed by atoms with Crippen molar-refractivity contribution in [1.29, 1.82) is 0 Å². The normalized spacial score (nSPS) is 20.2. The Morgan fingerprint density at radius 1 is 1.39 bits per heavy atom. The summed E-state index contributed by atoms with van der Waals surface area (Å²) < 4.78 is 5.61. The summed E-state index contributed by atoms with van der Waals surface area (Å²) in [6.45, 7) is 0. The molecule has 0 aliphatic carbocycles. The van der Waals surface area contributed by atoms with Crippen molar-refractivity contribution in [2.45, 2.75) is 5.25 Å². The number of benzene rings is 1. The average Bonchev–Trinajstić information content (AvgIpc) is 2.84. The summed E-state index contributed by atoms with van der Waals surface area (Å²) in [5, 5.41) is 1.46. The molecule has 0 saturated carbocycles. The molecule has 2 nitrogen and oxygen atoms in total. The highest BCUT2D eigenvalue weighted by atomic mass is 35.5. The van der Waals surface area contributed by atoms with Crippen molar-refractivity contribution in [3.8, 4) is 0 Å². The van der Waals surface area contributed by atoms with E-state index >= 15 is 0 Å². The minimum Gasteiger partial charge on any atom is -0.451 e. The average molecular weight is 299 g/mol. The van der Waals surface area contributed by atoms with E-state index in [4.69, 9.17) is 16.0 Å². The van der Waals surface area contributed by atoms with Crippen LogP contribution in [0.4, 0.5) is 0 Å². The van der Waals surface area contributed by atoms with Crippen molar-refractivity contribution in [2.24, 2.45) is 0 Å². The van der Waals surface area contributed by atoms with Gasteiger partial charge in [0.1, 0.15) is 0 Å². The Labute approximate surface area is 118 Å².